The maximum Gasteiger partial charge on any atom is 0.323 e. The Bertz CT molecular complexity index is 232. The second-order valence-corrected chi connectivity index (χ2v) is 5.58. The number of hydrogen-bond acceptors (Lipinski definition) is 2. The van der Waals surface area contributed by atoms with Gasteiger partial charge in [0.15, 0.2) is 0 Å². The number of carboxylic acid groups (broad SMARTS) is 1. The van der Waals surface area contributed by atoms with Gasteiger partial charge in [0.25, 0.3) is 0 Å². The second kappa shape index (κ2) is 5.67. The van der Waals surface area contributed by atoms with Gasteiger partial charge < -0.3 is 5.11 Å². The number of carbonyl (C=O) groups is 1. The van der Waals surface area contributed by atoms with Crippen LogP contribution in [0.1, 0.15) is 52.4 Å². The minimum absolute atomic E-state index is 0.737. The lowest BCUT2D eigenvalue weighted by molar-refractivity contribution is -0.148. The molecule has 0 amide bonds. The van der Waals surface area contributed by atoms with E-state index in [0.717, 1.165) is 18.9 Å². The zero-order valence-corrected chi connectivity index (χ0v) is 10.8. The minimum atomic E-state index is -0.741. The Morgan fingerprint density at radius 2 is 1.88 bits per heavy atom. The van der Waals surface area contributed by atoms with Crippen LogP contribution in [0.5, 0.6) is 0 Å². The summed E-state index contributed by atoms with van der Waals surface area (Å²) in [6, 6.07) is 0. The second-order valence-electron chi connectivity index (χ2n) is 5.58. The highest BCUT2D eigenvalue weighted by molar-refractivity contribution is 5.77. The third-order valence-electron chi connectivity index (χ3n) is 4.08. The molecule has 0 spiro atoms. The quantitative estimate of drug-likeness (QED) is 0.785. The molecule has 1 saturated carbocycles. The normalized spacial score (nSPS) is 19.0. The van der Waals surface area contributed by atoms with Crippen molar-refractivity contribution < 1.29 is 9.90 Å². The van der Waals surface area contributed by atoms with E-state index in [9.17, 15) is 4.79 Å². The first kappa shape index (κ1) is 13.5. The summed E-state index contributed by atoms with van der Waals surface area (Å²) in [6.45, 7) is 4.44. The third-order valence-corrected chi connectivity index (χ3v) is 4.08. The molecule has 94 valence electrons. The van der Waals surface area contributed by atoms with E-state index < -0.39 is 11.5 Å². The van der Waals surface area contributed by atoms with Gasteiger partial charge in [-0.2, -0.15) is 0 Å². The monoisotopic (exact) mass is 227 g/mol. The zero-order valence-electron chi connectivity index (χ0n) is 10.8. The van der Waals surface area contributed by atoms with Crippen LogP contribution in [-0.2, 0) is 4.79 Å². The maximum absolute atomic E-state index is 11.1. The molecule has 1 rings (SSSR count). The summed E-state index contributed by atoms with van der Waals surface area (Å²) in [4.78, 5) is 13.0. The molecule has 0 aromatic carbocycles. The molecule has 1 aliphatic rings. The summed E-state index contributed by atoms with van der Waals surface area (Å²) in [5, 5.41) is 9.11. The van der Waals surface area contributed by atoms with E-state index in [4.69, 9.17) is 5.11 Å². The van der Waals surface area contributed by atoms with E-state index in [-0.39, 0.29) is 0 Å². The van der Waals surface area contributed by atoms with Gasteiger partial charge in [-0.15, -0.1) is 0 Å². The predicted molar refractivity (Wildman–Crippen MR) is 65.5 cm³/mol. The Morgan fingerprint density at radius 3 is 2.38 bits per heavy atom. The Balaban J connectivity index is 2.33. The number of nitrogens with zero attached hydrogens (tertiary/aromatic N) is 1. The maximum atomic E-state index is 11.1. The molecule has 1 aliphatic carbocycles. The number of hydrogen-bond donors (Lipinski definition) is 1. The highest BCUT2D eigenvalue weighted by Crippen LogP contribution is 2.27. The molecule has 1 fully saturated rings. The molecule has 16 heavy (non-hydrogen) atoms. The van der Waals surface area contributed by atoms with Crippen molar-refractivity contribution >= 4 is 5.97 Å². The van der Waals surface area contributed by atoms with Gasteiger partial charge in [0.1, 0.15) is 5.54 Å². The van der Waals surface area contributed by atoms with Gasteiger partial charge in [-0.1, -0.05) is 32.1 Å². The Kier molecular flexibility index (Phi) is 4.78. The summed E-state index contributed by atoms with van der Waals surface area (Å²) in [5.74, 6) is 0.0828. The van der Waals surface area contributed by atoms with Crippen molar-refractivity contribution in [3.63, 3.8) is 0 Å². The van der Waals surface area contributed by atoms with Crippen LogP contribution in [0.2, 0.25) is 0 Å². The molecule has 0 aliphatic heterocycles. The van der Waals surface area contributed by atoms with Gasteiger partial charge >= 0.3 is 5.97 Å². The number of aliphatic carboxylic acids is 1. The molecule has 0 aromatic rings. The molecule has 0 radical (unpaired) electrons. The van der Waals surface area contributed by atoms with E-state index >= 15 is 0 Å². The van der Waals surface area contributed by atoms with E-state index in [0.29, 0.717) is 0 Å². The molecule has 0 saturated heterocycles. The summed E-state index contributed by atoms with van der Waals surface area (Å²) in [5.41, 5.74) is -0.741. The highest BCUT2D eigenvalue weighted by atomic mass is 16.4. The molecule has 0 heterocycles. The molecule has 0 atom stereocenters. The summed E-state index contributed by atoms with van der Waals surface area (Å²) in [7, 11) is 1.91. The van der Waals surface area contributed by atoms with E-state index in [2.05, 4.69) is 0 Å². The van der Waals surface area contributed by atoms with Crippen LogP contribution in [0.25, 0.3) is 0 Å². The van der Waals surface area contributed by atoms with Crippen LogP contribution in [0, 0.1) is 5.92 Å². The summed E-state index contributed by atoms with van der Waals surface area (Å²) >= 11 is 0. The molecule has 0 aromatic heterocycles. The number of rotatable bonds is 5. The number of likely N-dealkylation sites (N-methyl/N-ethyl adjacent to an activating group) is 1. The third kappa shape index (κ3) is 3.48. The van der Waals surface area contributed by atoms with Crippen LogP contribution in [0.15, 0.2) is 0 Å². The van der Waals surface area contributed by atoms with Gasteiger partial charge in [-0.3, -0.25) is 9.69 Å². The van der Waals surface area contributed by atoms with Gasteiger partial charge in [0.2, 0.25) is 0 Å². The first-order valence-electron chi connectivity index (χ1n) is 6.39. The summed E-state index contributed by atoms with van der Waals surface area (Å²) in [6.07, 6.45) is 7.91. The first-order chi connectivity index (χ1) is 7.44. The average Bonchev–Trinajstić information content (AvgIpc) is 2.27. The fourth-order valence-corrected chi connectivity index (χ4v) is 2.29. The van der Waals surface area contributed by atoms with E-state index in [1.54, 1.807) is 13.8 Å². The lowest BCUT2D eigenvalue weighted by atomic mass is 9.86. The lowest BCUT2D eigenvalue weighted by Gasteiger charge is -2.33. The SMILES string of the molecule is CN(CCC1CCCCC1)C(C)(C)C(=O)O. The van der Waals surface area contributed by atoms with Crippen molar-refractivity contribution in [3.05, 3.63) is 0 Å². The average molecular weight is 227 g/mol. The van der Waals surface area contributed by atoms with E-state index in [1.165, 1.54) is 32.1 Å². The largest absolute Gasteiger partial charge is 0.480 e. The molecule has 0 bridgehead atoms. The van der Waals surface area contributed by atoms with Gasteiger partial charge in [0.05, 0.1) is 0 Å². The van der Waals surface area contributed by atoms with Crippen molar-refractivity contribution in [2.45, 2.75) is 57.9 Å². The molecular formula is C13H25NO2. The standard InChI is InChI=1S/C13H25NO2/c1-13(2,12(15)16)14(3)10-9-11-7-5-4-6-8-11/h11H,4-10H2,1-3H3,(H,15,16). The Morgan fingerprint density at radius 1 is 1.31 bits per heavy atom. The Labute approximate surface area is 98.8 Å². The molecule has 3 heteroatoms. The molecule has 0 unspecified atom stereocenters. The molecular weight excluding hydrogens is 202 g/mol. The van der Waals surface area contributed by atoms with Crippen LogP contribution in [0.3, 0.4) is 0 Å². The van der Waals surface area contributed by atoms with Crippen LogP contribution in [-0.4, -0.2) is 35.1 Å². The van der Waals surface area contributed by atoms with Crippen LogP contribution >= 0.6 is 0 Å². The fourth-order valence-electron chi connectivity index (χ4n) is 2.29. The minimum Gasteiger partial charge on any atom is -0.480 e. The van der Waals surface area contributed by atoms with Gasteiger partial charge in [-0.25, -0.2) is 0 Å². The van der Waals surface area contributed by atoms with E-state index in [1.807, 2.05) is 11.9 Å². The van der Waals surface area contributed by atoms with Crippen molar-refractivity contribution in [2.24, 2.45) is 5.92 Å². The number of carboxylic acids is 1. The van der Waals surface area contributed by atoms with Crippen molar-refractivity contribution in [1.82, 2.24) is 4.90 Å². The van der Waals surface area contributed by atoms with Gasteiger partial charge in [0, 0.05) is 0 Å². The Hall–Kier alpha value is -0.570. The molecule has 3 nitrogen and oxygen atoms in total. The summed E-state index contributed by atoms with van der Waals surface area (Å²) < 4.78 is 0. The molecule has 1 N–H and O–H groups in total. The zero-order chi connectivity index (χ0) is 12.2. The fraction of sp³-hybridized carbons (Fsp3) is 0.923. The lowest BCUT2D eigenvalue weighted by Crippen LogP contribution is -2.48. The van der Waals surface area contributed by atoms with Crippen LogP contribution < -0.4 is 0 Å². The van der Waals surface area contributed by atoms with Crippen molar-refractivity contribution in [2.75, 3.05) is 13.6 Å². The van der Waals surface area contributed by atoms with Crippen molar-refractivity contribution in [1.29, 1.82) is 0 Å². The first-order valence-corrected chi connectivity index (χ1v) is 6.39. The van der Waals surface area contributed by atoms with Crippen LogP contribution in [0.4, 0.5) is 0 Å². The topological polar surface area (TPSA) is 40.5 Å². The van der Waals surface area contributed by atoms with Crippen molar-refractivity contribution in [3.8, 4) is 0 Å². The smallest absolute Gasteiger partial charge is 0.323 e. The predicted octanol–water partition coefficient (Wildman–Crippen LogP) is 2.75. The highest BCUT2D eigenvalue weighted by Gasteiger charge is 2.31. The van der Waals surface area contributed by atoms with Gasteiger partial charge in [-0.05, 0) is 39.8 Å².